The van der Waals surface area contributed by atoms with Crippen LogP contribution in [0.5, 0.6) is 0 Å². The van der Waals surface area contributed by atoms with Gasteiger partial charge in [-0.15, -0.1) is 0 Å². The summed E-state index contributed by atoms with van der Waals surface area (Å²) in [5, 5.41) is 0. The van der Waals surface area contributed by atoms with Crippen molar-refractivity contribution in [2.75, 3.05) is 0 Å². The first-order chi connectivity index (χ1) is 6.57. The fourth-order valence-electron chi connectivity index (χ4n) is 2.18. The van der Waals surface area contributed by atoms with Gasteiger partial charge in [-0.1, -0.05) is 25.5 Å². The Bertz CT molecular complexity index is 284. The van der Waals surface area contributed by atoms with Crippen LogP contribution >= 0.6 is 0 Å². The highest BCUT2D eigenvalue weighted by Gasteiger charge is 2.26. The highest BCUT2D eigenvalue weighted by Crippen LogP contribution is 2.34. The van der Waals surface area contributed by atoms with Crippen LogP contribution in [0.2, 0.25) is 0 Å². The second-order valence-electron chi connectivity index (χ2n) is 4.36. The predicted octanol–water partition coefficient (Wildman–Crippen LogP) is 3.51. The molecular weight excluding hydrogens is 172 g/mol. The molecule has 0 aliphatic heterocycles. The van der Waals surface area contributed by atoms with Crippen molar-refractivity contribution in [1.29, 1.82) is 0 Å². The minimum atomic E-state index is 0.212. The van der Waals surface area contributed by atoms with E-state index in [1.165, 1.54) is 12.0 Å². The minimum absolute atomic E-state index is 0.212. The molecule has 0 saturated heterocycles. The van der Waals surface area contributed by atoms with Gasteiger partial charge in [0.05, 0.1) is 0 Å². The third-order valence-electron chi connectivity index (χ3n) is 3.33. The third kappa shape index (κ3) is 2.14. The highest BCUT2D eigenvalue weighted by molar-refractivity contribution is 6.04. The van der Waals surface area contributed by atoms with Gasteiger partial charge in [-0.2, -0.15) is 0 Å². The Morgan fingerprint density at radius 2 is 2.07 bits per heavy atom. The molecule has 0 aromatic carbocycles. The van der Waals surface area contributed by atoms with Crippen molar-refractivity contribution in [3.63, 3.8) is 0 Å². The molecule has 1 rings (SSSR count). The summed E-state index contributed by atoms with van der Waals surface area (Å²) >= 11 is 0. The van der Waals surface area contributed by atoms with E-state index in [0.717, 1.165) is 12.0 Å². The zero-order valence-corrected chi connectivity index (χ0v) is 9.63. The van der Waals surface area contributed by atoms with E-state index in [1.54, 1.807) is 6.08 Å². The van der Waals surface area contributed by atoms with Gasteiger partial charge >= 0.3 is 0 Å². The first-order valence-electron chi connectivity index (χ1n) is 5.44. The van der Waals surface area contributed by atoms with E-state index in [4.69, 9.17) is 0 Å². The topological polar surface area (TPSA) is 17.1 Å². The fraction of sp³-hybridized carbons (Fsp3) is 0.615. The Morgan fingerprint density at radius 3 is 2.64 bits per heavy atom. The molecule has 0 aromatic rings. The molecule has 0 amide bonds. The first kappa shape index (κ1) is 11.2. The molecule has 2 atom stereocenters. The molecule has 1 heteroatoms. The summed E-state index contributed by atoms with van der Waals surface area (Å²) in [5.74, 6) is 1.28. The maximum atomic E-state index is 11.8. The number of ketones is 1. The Morgan fingerprint density at radius 1 is 1.43 bits per heavy atom. The summed E-state index contributed by atoms with van der Waals surface area (Å²) < 4.78 is 0. The molecule has 0 heterocycles. The quantitative estimate of drug-likeness (QED) is 0.612. The highest BCUT2D eigenvalue weighted by atomic mass is 16.1. The molecule has 0 aromatic heterocycles. The molecule has 0 fully saturated rings. The zero-order chi connectivity index (χ0) is 10.7. The van der Waals surface area contributed by atoms with Crippen molar-refractivity contribution in [2.45, 2.75) is 40.5 Å². The lowest BCUT2D eigenvalue weighted by molar-refractivity contribution is -0.112. The fourth-order valence-corrected chi connectivity index (χ4v) is 2.18. The maximum absolute atomic E-state index is 11.8. The van der Waals surface area contributed by atoms with E-state index in [9.17, 15) is 4.79 Å². The van der Waals surface area contributed by atoms with E-state index >= 15 is 0 Å². The molecule has 0 radical (unpaired) electrons. The van der Waals surface area contributed by atoms with E-state index in [0.29, 0.717) is 11.8 Å². The summed E-state index contributed by atoms with van der Waals surface area (Å²) in [6.45, 7) is 8.40. The van der Waals surface area contributed by atoms with Crippen LogP contribution in [0.15, 0.2) is 23.3 Å². The number of allylic oxidation sites excluding steroid dienone is 4. The average Bonchev–Trinajstić information content (AvgIpc) is 2.13. The van der Waals surface area contributed by atoms with Gasteiger partial charge in [-0.25, -0.2) is 0 Å². The standard InChI is InChI=1S/C13H20O/c1-5-6-12(14)13-10(3)8-7-9(2)11(13)4/h5-6,9,11H,7-8H2,1-4H3/b6-5+. The molecule has 1 aliphatic rings. The summed E-state index contributed by atoms with van der Waals surface area (Å²) in [6.07, 6.45) is 5.83. The first-order valence-corrected chi connectivity index (χ1v) is 5.44. The molecule has 2 unspecified atom stereocenters. The van der Waals surface area contributed by atoms with Crippen molar-refractivity contribution >= 4 is 5.78 Å². The van der Waals surface area contributed by atoms with Crippen LogP contribution in [-0.2, 0) is 4.79 Å². The number of hydrogen-bond donors (Lipinski definition) is 0. The lowest BCUT2D eigenvalue weighted by Crippen LogP contribution is -2.22. The number of carbonyl (C=O) groups excluding carboxylic acids is 1. The van der Waals surface area contributed by atoms with E-state index < -0.39 is 0 Å². The summed E-state index contributed by atoms with van der Waals surface area (Å²) in [7, 11) is 0. The van der Waals surface area contributed by atoms with Crippen LogP contribution < -0.4 is 0 Å². The molecule has 14 heavy (non-hydrogen) atoms. The van der Waals surface area contributed by atoms with E-state index in [1.807, 2.05) is 13.0 Å². The van der Waals surface area contributed by atoms with Crippen LogP contribution in [0.3, 0.4) is 0 Å². The van der Waals surface area contributed by atoms with E-state index in [2.05, 4.69) is 20.8 Å². The number of hydrogen-bond acceptors (Lipinski definition) is 1. The lowest BCUT2D eigenvalue weighted by atomic mass is 9.76. The Labute approximate surface area is 86.9 Å². The second kappa shape index (κ2) is 4.59. The van der Waals surface area contributed by atoms with Gasteiger partial charge in [0.1, 0.15) is 0 Å². The van der Waals surface area contributed by atoms with Gasteiger partial charge in [0.2, 0.25) is 0 Å². The molecule has 1 aliphatic carbocycles. The Hall–Kier alpha value is -0.850. The largest absolute Gasteiger partial charge is 0.290 e. The normalized spacial score (nSPS) is 28.6. The van der Waals surface area contributed by atoms with Gasteiger partial charge in [0.15, 0.2) is 5.78 Å². The number of carbonyl (C=O) groups is 1. The Kier molecular flexibility index (Phi) is 3.68. The summed E-state index contributed by atoms with van der Waals surface area (Å²) in [4.78, 5) is 11.8. The Balaban J connectivity index is 2.97. The van der Waals surface area contributed by atoms with Gasteiger partial charge in [0.25, 0.3) is 0 Å². The van der Waals surface area contributed by atoms with Gasteiger partial charge in [-0.3, -0.25) is 4.79 Å². The van der Waals surface area contributed by atoms with Crippen LogP contribution in [0, 0.1) is 11.8 Å². The van der Waals surface area contributed by atoms with Crippen LogP contribution in [0.25, 0.3) is 0 Å². The van der Waals surface area contributed by atoms with Crippen molar-refractivity contribution in [2.24, 2.45) is 11.8 Å². The lowest BCUT2D eigenvalue weighted by Gasteiger charge is -2.28. The molecule has 0 bridgehead atoms. The predicted molar refractivity (Wildman–Crippen MR) is 60.1 cm³/mol. The molecule has 0 N–H and O–H groups in total. The van der Waals surface area contributed by atoms with Gasteiger partial charge < -0.3 is 0 Å². The number of rotatable bonds is 2. The van der Waals surface area contributed by atoms with Gasteiger partial charge in [0, 0.05) is 5.57 Å². The van der Waals surface area contributed by atoms with Crippen LogP contribution in [0.4, 0.5) is 0 Å². The van der Waals surface area contributed by atoms with E-state index in [-0.39, 0.29) is 5.78 Å². The molecule has 1 nitrogen and oxygen atoms in total. The average molecular weight is 192 g/mol. The van der Waals surface area contributed by atoms with Gasteiger partial charge in [-0.05, 0) is 44.6 Å². The van der Waals surface area contributed by atoms with Crippen LogP contribution in [0.1, 0.15) is 40.5 Å². The molecule has 78 valence electrons. The molecule has 0 spiro atoms. The van der Waals surface area contributed by atoms with Crippen molar-refractivity contribution < 1.29 is 4.79 Å². The summed E-state index contributed by atoms with van der Waals surface area (Å²) in [5.41, 5.74) is 2.35. The van der Waals surface area contributed by atoms with Crippen molar-refractivity contribution in [3.8, 4) is 0 Å². The van der Waals surface area contributed by atoms with Crippen molar-refractivity contribution in [3.05, 3.63) is 23.3 Å². The summed E-state index contributed by atoms with van der Waals surface area (Å²) in [6, 6.07) is 0. The smallest absolute Gasteiger partial charge is 0.181 e. The third-order valence-corrected chi connectivity index (χ3v) is 3.33. The molecular formula is C13H20O. The SMILES string of the molecule is C/C=C/C(=O)C1=C(C)CCC(C)C1C. The van der Waals surface area contributed by atoms with Crippen molar-refractivity contribution in [1.82, 2.24) is 0 Å². The van der Waals surface area contributed by atoms with Crippen LogP contribution in [-0.4, -0.2) is 5.78 Å². The maximum Gasteiger partial charge on any atom is 0.181 e. The minimum Gasteiger partial charge on any atom is -0.290 e. The monoisotopic (exact) mass is 192 g/mol. The second-order valence-corrected chi connectivity index (χ2v) is 4.36. The molecule has 0 saturated carbocycles. The zero-order valence-electron chi connectivity index (χ0n) is 9.63.